The zero-order chi connectivity index (χ0) is 18.0. The highest BCUT2D eigenvalue weighted by Crippen LogP contribution is 2.36. The SMILES string of the molecule is CN1CC(C)(O)C1.N/C(=C1/c2cc[nH]c2N=CN1N)C1CCCCC1. The molecule has 3 aliphatic rings. The highest BCUT2D eigenvalue weighted by molar-refractivity contribution is 5.86. The van der Waals surface area contributed by atoms with Gasteiger partial charge in [-0.3, -0.25) is 5.01 Å². The molecule has 6 N–H and O–H groups in total. The minimum Gasteiger partial charge on any atom is -0.400 e. The zero-order valence-electron chi connectivity index (χ0n) is 15.2. The molecule has 1 aromatic heterocycles. The van der Waals surface area contributed by atoms with Gasteiger partial charge in [0.15, 0.2) is 0 Å². The van der Waals surface area contributed by atoms with E-state index in [1.807, 2.05) is 26.2 Å². The fourth-order valence-electron chi connectivity index (χ4n) is 4.00. The molecule has 1 aliphatic carbocycles. The summed E-state index contributed by atoms with van der Waals surface area (Å²) in [6, 6.07) is 1.98. The Bertz CT molecular complexity index is 648. The molecule has 1 saturated carbocycles. The number of likely N-dealkylation sites (N-methyl/N-ethyl adjacent to an activating group) is 1. The van der Waals surface area contributed by atoms with Gasteiger partial charge in [0.1, 0.15) is 12.2 Å². The number of nitrogens with one attached hydrogen (secondary N) is 1. The Kier molecular flexibility index (Phi) is 5.17. The minimum absolute atomic E-state index is 0.380. The number of aromatic amines is 1. The van der Waals surface area contributed by atoms with Crippen LogP contribution in [0.5, 0.6) is 0 Å². The highest BCUT2D eigenvalue weighted by Gasteiger charge is 2.33. The van der Waals surface area contributed by atoms with Crippen LogP contribution in [0.15, 0.2) is 23.0 Å². The number of aromatic nitrogens is 1. The fourth-order valence-corrected chi connectivity index (χ4v) is 4.00. The Morgan fingerprint density at radius 3 is 2.56 bits per heavy atom. The Balaban J connectivity index is 0.000000219. The third-order valence-corrected chi connectivity index (χ3v) is 5.09. The molecule has 4 rings (SSSR count). The van der Waals surface area contributed by atoms with Crippen molar-refractivity contribution >= 4 is 17.9 Å². The van der Waals surface area contributed by atoms with Crippen LogP contribution in [0.4, 0.5) is 5.82 Å². The van der Waals surface area contributed by atoms with Crippen LogP contribution in [-0.4, -0.2) is 52.1 Å². The molecular weight excluding hydrogens is 316 g/mol. The van der Waals surface area contributed by atoms with Crippen LogP contribution in [0.25, 0.3) is 5.70 Å². The van der Waals surface area contributed by atoms with Gasteiger partial charge in [0.2, 0.25) is 0 Å². The highest BCUT2D eigenvalue weighted by atomic mass is 16.3. The molecule has 1 saturated heterocycles. The molecule has 7 nitrogen and oxygen atoms in total. The number of aliphatic hydroxyl groups is 1. The van der Waals surface area contributed by atoms with E-state index in [0.717, 1.165) is 35.9 Å². The van der Waals surface area contributed by atoms with Gasteiger partial charge in [-0.05, 0) is 32.9 Å². The second-order valence-corrected chi connectivity index (χ2v) is 7.70. The average Bonchev–Trinajstić information content (AvgIpc) is 3.02. The lowest BCUT2D eigenvalue weighted by atomic mass is 9.85. The quantitative estimate of drug-likeness (QED) is 0.580. The normalized spacial score (nSPS) is 24.9. The second kappa shape index (κ2) is 7.19. The molecule has 0 atom stereocenters. The molecule has 0 radical (unpaired) electrons. The second-order valence-electron chi connectivity index (χ2n) is 7.70. The predicted octanol–water partition coefficient (Wildman–Crippen LogP) is 1.75. The number of hydrogen-bond donors (Lipinski definition) is 4. The summed E-state index contributed by atoms with van der Waals surface area (Å²) in [5.74, 6) is 7.28. The smallest absolute Gasteiger partial charge is 0.141 e. The van der Waals surface area contributed by atoms with Crippen LogP contribution < -0.4 is 11.6 Å². The third-order valence-electron chi connectivity index (χ3n) is 5.09. The van der Waals surface area contributed by atoms with Crippen molar-refractivity contribution < 1.29 is 5.11 Å². The summed E-state index contributed by atoms with van der Waals surface area (Å²) in [5.41, 5.74) is 8.81. The molecule has 0 aromatic carbocycles. The van der Waals surface area contributed by atoms with Crippen LogP contribution in [-0.2, 0) is 0 Å². The number of likely N-dealkylation sites (tertiary alicyclic amines) is 1. The van der Waals surface area contributed by atoms with E-state index in [1.165, 1.54) is 32.1 Å². The first-order chi connectivity index (χ1) is 11.9. The van der Waals surface area contributed by atoms with E-state index in [4.69, 9.17) is 16.7 Å². The summed E-state index contributed by atoms with van der Waals surface area (Å²) in [6.07, 6.45) is 9.66. The van der Waals surface area contributed by atoms with Crippen molar-refractivity contribution in [3.63, 3.8) is 0 Å². The number of aliphatic imine (C=N–C) groups is 1. The van der Waals surface area contributed by atoms with E-state index >= 15 is 0 Å². The molecule has 0 bridgehead atoms. The molecule has 138 valence electrons. The summed E-state index contributed by atoms with van der Waals surface area (Å²) in [5, 5.41) is 10.6. The molecule has 0 spiro atoms. The predicted molar refractivity (Wildman–Crippen MR) is 101 cm³/mol. The van der Waals surface area contributed by atoms with Gasteiger partial charge in [0.05, 0.1) is 11.3 Å². The summed E-state index contributed by atoms with van der Waals surface area (Å²) in [4.78, 5) is 9.42. The maximum atomic E-state index is 9.04. The number of hydrogen-bond acceptors (Lipinski definition) is 6. The van der Waals surface area contributed by atoms with Gasteiger partial charge in [-0.2, -0.15) is 0 Å². The molecule has 0 amide bonds. The van der Waals surface area contributed by atoms with E-state index in [0.29, 0.717) is 5.92 Å². The van der Waals surface area contributed by atoms with E-state index < -0.39 is 0 Å². The third kappa shape index (κ3) is 4.05. The van der Waals surface area contributed by atoms with Crippen molar-refractivity contribution in [1.82, 2.24) is 14.9 Å². The van der Waals surface area contributed by atoms with E-state index in [9.17, 15) is 0 Å². The first-order valence-corrected chi connectivity index (χ1v) is 9.04. The summed E-state index contributed by atoms with van der Waals surface area (Å²) < 4.78 is 0. The Hall–Kier alpha value is -1.83. The lowest BCUT2D eigenvalue weighted by Gasteiger charge is -2.41. The number of nitrogens with two attached hydrogens (primary N) is 2. The first kappa shape index (κ1) is 18.0. The van der Waals surface area contributed by atoms with Crippen molar-refractivity contribution in [1.29, 1.82) is 0 Å². The van der Waals surface area contributed by atoms with Crippen LogP contribution in [0.2, 0.25) is 0 Å². The van der Waals surface area contributed by atoms with Crippen LogP contribution in [0.1, 0.15) is 44.6 Å². The maximum Gasteiger partial charge on any atom is 0.141 e. The Morgan fingerprint density at radius 2 is 2.00 bits per heavy atom. The molecule has 2 aliphatic heterocycles. The number of β-amino-alcohol motifs (C(OH)–C–C–N with tert-alkyl or cyclic N) is 1. The van der Waals surface area contributed by atoms with Crippen LogP contribution >= 0.6 is 0 Å². The average molecular weight is 346 g/mol. The number of allylic oxidation sites excluding steroid dienone is 1. The van der Waals surface area contributed by atoms with Crippen molar-refractivity contribution in [2.24, 2.45) is 22.5 Å². The standard InChI is InChI=1S/C13H19N5.C5H11NO/c14-11(9-4-2-1-3-5-9)12-10-6-7-16-13(10)17-8-18(12)15;1-5(7)3-6(2)4-5/h6-9,16H,1-5,14-15H2;7H,3-4H2,1-2H3/b12-11-;. The Morgan fingerprint density at radius 1 is 1.32 bits per heavy atom. The van der Waals surface area contributed by atoms with Gasteiger partial charge >= 0.3 is 0 Å². The molecule has 25 heavy (non-hydrogen) atoms. The van der Waals surface area contributed by atoms with Crippen LogP contribution in [0, 0.1) is 5.92 Å². The van der Waals surface area contributed by atoms with E-state index in [1.54, 1.807) is 11.3 Å². The van der Waals surface area contributed by atoms with E-state index in [-0.39, 0.29) is 5.60 Å². The fraction of sp³-hybridized carbons (Fsp3) is 0.611. The topological polar surface area (TPSA) is 107 Å². The van der Waals surface area contributed by atoms with Gasteiger partial charge in [-0.15, -0.1) is 0 Å². The summed E-state index contributed by atoms with van der Waals surface area (Å²) in [6.45, 7) is 3.51. The minimum atomic E-state index is -0.380. The van der Waals surface area contributed by atoms with Gasteiger partial charge in [0, 0.05) is 36.5 Å². The van der Waals surface area contributed by atoms with Gasteiger partial charge in [-0.25, -0.2) is 10.8 Å². The molecule has 7 heteroatoms. The summed E-state index contributed by atoms with van der Waals surface area (Å²) >= 11 is 0. The Labute approximate surface area is 149 Å². The molecule has 3 heterocycles. The first-order valence-electron chi connectivity index (χ1n) is 9.04. The molecule has 1 aromatic rings. The molecule has 0 unspecified atom stereocenters. The lowest BCUT2D eigenvalue weighted by molar-refractivity contribution is -0.0705. The number of H-pyrrole nitrogens is 1. The zero-order valence-corrected chi connectivity index (χ0v) is 15.2. The van der Waals surface area contributed by atoms with Gasteiger partial charge in [0.25, 0.3) is 0 Å². The number of hydrazine groups is 1. The number of rotatable bonds is 1. The molecule has 2 fully saturated rings. The number of fused-ring (bicyclic) bond motifs is 1. The number of nitrogens with zero attached hydrogens (tertiary/aromatic N) is 3. The van der Waals surface area contributed by atoms with Crippen molar-refractivity contribution in [2.45, 2.75) is 44.6 Å². The largest absolute Gasteiger partial charge is 0.400 e. The van der Waals surface area contributed by atoms with Crippen molar-refractivity contribution in [3.8, 4) is 0 Å². The van der Waals surface area contributed by atoms with Crippen LogP contribution in [0.3, 0.4) is 0 Å². The summed E-state index contributed by atoms with van der Waals surface area (Å²) in [7, 11) is 2.00. The van der Waals surface area contributed by atoms with E-state index in [2.05, 4.69) is 14.9 Å². The molecular formula is C18H30N6O. The lowest BCUT2D eigenvalue weighted by Crippen LogP contribution is -2.57. The maximum absolute atomic E-state index is 9.04. The van der Waals surface area contributed by atoms with Crippen molar-refractivity contribution in [3.05, 3.63) is 23.5 Å². The monoisotopic (exact) mass is 346 g/mol. The van der Waals surface area contributed by atoms with Gasteiger partial charge < -0.3 is 20.7 Å². The van der Waals surface area contributed by atoms with Crippen molar-refractivity contribution in [2.75, 3.05) is 20.1 Å². The van der Waals surface area contributed by atoms with Gasteiger partial charge in [-0.1, -0.05) is 19.3 Å².